The molecule has 3 heterocycles. The van der Waals surface area contributed by atoms with E-state index in [9.17, 15) is 9.59 Å². The number of carbonyl (C=O) groups excluding carboxylic acids is 2. The maximum Gasteiger partial charge on any atom is 0.263 e. The summed E-state index contributed by atoms with van der Waals surface area (Å²) in [7, 11) is 0. The highest BCUT2D eigenvalue weighted by Gasteiger charge is 2.44. The average Bonchev–Trinajstić information content (AvgIpc) is 2.98. The van der Waals surface area contributed by atoms with Gasteiger partial charge in [0.15, 0.2) is 0 Å². The minimum Gasteiger partial charge on any atom is -0.363 e. The van der Waals surface area contributed by atoms with Crippen LogP contribution in [-0.4, -0.2) is 48.1 Å². The molecule has 1 N–H and O–H groups in total. The molecule has 0 unspecified atom stereocenters. The van der Waals surface area contributed by atoms with E-state index in [1.54, 1.807) is 0 Å². The number of amides is 2. The second-order valence-corrected chi connectivity index (χ2v) is 6.36. The Bertz CT molecular complexity index is 506. The molecule has 2 saturated heterocycles. The Kier molecular flexibility index (Phi) is 3.52. The highest BCUT2D eigenvalue weighted by atomic mass is 32.1. The standard InChI is InChI=1S/C14H18N2O3S/c1-10-14(19-9-12(17)15-10)4-6-16(7-5-14)13(18)11-3-2-8-20-11/h2-3,8,10H,4-7,9H2,1H3,(H,15,17)/t10-/m0/s1. The van der Waals surface area contributed by atoms with E-state index < -0.39 is 0 Å². The molecule has 2 aliphatic rings. The first-order chi connectivity index (χ1) is 9.61. The molecule has 1 spiro atoms. The van der Waals surface area contributed by atoms with Crippen LogP contribution in [0.15, 0.2) is 17.5 Å². The van der Waals surface area contributed by atoms with E-state index in [0.29, 0.717) is 13.1 Å². The molecule has 1 aromatic rings. The lowest BCUT2D eigenvalue weighted by molar-refractivity contribution is -0.158. The van der Waals surface area contributed by atoms with Gasteiger partial charge in [0.25, 0.3) is 5.91 Å². The lowest BCUT2D eigenvalue weighted by Gasteiger charge is -2.47. The molecule has 0 aromatic carbocycles. The van der Waals surface area contributed by atoms with Crippen molar-refractivity contribution in [3.05, 3.63) is 22.4 Å². The van der Waals surface area contributed by atoms with Crippen LogP contribution in [0, 0.1) is 0 Å². The van der Waals surface area contributed by atoms with Gasteiger partial charge in [-0.05, 0) is 31.2 Å². The summed E-state index contributed by atoms with van der Waals surface area (Å²) in [5.41, 5.74) is -0.305. The zero-order valence-corrected chi connectivity index (χ0v) is 12.2. The van der Waals surface area contributed by atoms with Crippen molar-refractivity contribution in [3.63, 3.8) is 0 Å². The monoisotopic (exact) mass is 294 g/mol. The van der Waals surface area contributed by atoms with Crippen LogP contribution in [-0.2, 0) is 9.53 Å². The van der Waals surface area contributed by atoms with Crippen LogP contribution in [0.1, 0.15) is 29.4 Å². The van der Waals surface area contributed by atoms with E-state index in [-0.39, 0.29) is 30.1 Å². The molecule has 2 aliphatic heterocycles. The molecule has 108 valence electrons. The van der Waals surface area contributed by atoms with Crippen LogP contribution in [0.5, 0.6) is 0 Å². The Labute approximate surface area is 121 Å². The van der Waals surface area contributed by atoms with E-state index in [1.165, 1.54) is 11.3 Å². The summed E-state index contributed by atoms with van der Waals surface area (Å²) >= 11 is 1.47. The van der Waals surface area contributed by atoms with Gasteiger partial charge in [-0.25, -0.2) is 0 Å². The lowest BCUT2D eigenvalue weighted by Crippen LogP contribution is -2.63. The number of morpholine rings is 1. The average molecular weight is 294 g/mol. The van der Waals surface area contributed by atoms with Gasteiger partial charge in [0.05, 0.1) is 16.5 Å². The molecule has 20 heavy (non-hydrogen) atoms. The first kappa shape index (κ1) is 13.6. The zero-order chi connectivity index (χ0) is 14.2. The van der Waals surface area contributed by atoms with Crippen LogP contribution in [0.2, 0.25) is 0 Å². The molecule has 0 bridgehead atoms. The number of rotatable bonds is 1. The number of hydrogen-bond donors (Lipinski definition) is 1. The number of nitrogens with one attached hydrogen (secondary N) is 1. The second kappa shape index (κ2) is 5.18. The largest absolute Gasteiger partial charge is 0.363 e. The number of carbonyl (C=O) groups is 2. The Morgan fingerprint density at radius 3 is 2.85 bits per heavy atom. The minimum atomic E-state index is -0.305. The van der Waals surface area contributed by atoms with Gasteiger partial charge in [0, 0.05) is 13.1 Å². The van der Waals surface area contributed by atoms with Crippen molar-refractivity contribution in [1.29, 1.82) is 0 Å². The first-order valence-corrected chi connectivity index (χ1v) is 7.75. The zero-order valence-electron chi connectivity index (χ0n) is 11.4. The Morgan fingerprint density at radius 1 is 1.50 bits per heavy atom. The van der Waals surface area contributed by atoms with Crippen molar-refractivity contribution in [2.45, 2.75) is 31.4 Å². The van der Waals surface area contributed by atoms with E-state index in [4.69, 9.17) is 4.74 Å². The molecular formula is C14H18N2O3S. The van der Waals surface area contributed by atoms with Gasteiger partial charge in [0.1, 0.15) is 6.61 Å². The molecule has 1 atom stereocenters. The number of piperidine rings is 1. The maximum atomic E-state index is 12.3. The number of nitrogens with zero attached hydrogens (tertiary/aromatic N) is 1. The SMILES string of the molecule is C[C@@H]1NC(=O)COC12CCN(C(=O)c1cccs1)CC2. The number of hydrogen-bond acceptors (Lipinski definition) is 4. The summed E-state index contributed by atoms with van der Waals surface area (Å²) in [6.45, 7) is 3.46. The van der Waals surface area contributed by atoms with E-state index in [1.807, 2.05) is 29.3 Å². The summed E-state index contributed by atoms with van der Waals surface area (Å²) in [5.74, 6) is 0.0440. The molecule has 2 amide bonds. The van der Waals surface area contributed by atoms with Crippen molar-refractivity contribution in [2.75, 3.05) is 19.7 Å². The summed E-state index contributed by atoms with van der Waals surface area (Å²) in [6.07, 6.45) is 1.54. The summed E-state index contributed by atoms with van der Waals surface area (Å²) in [4.78, 5) is 26.3. The Balaban J connectivity index is 1.65. The van der Waals surface area contributed by atoms with E-state index in [2.05, 4.69) is 5.32 Å². The van der Waals surface area contributed by atoms with Gasteiger partial charge in [-0.3, -0.25) is 9.59 Å². The molecule has 0 radical (unpaired) electrons. The fraction of sp³-hybridized carbons (Fsp3) is 0.571. The van der Waals surface area contributed by atoms with Gasteiger partial charge in [0.2, 0.25) is 5.91 Å². The number of ether oxygens (including phenoxy) is 1. The molecule has 6 heteroatoms. The predicted octanol–water partition coefficient (Wildman–Crippen LogP) is 1.26. The quantitative estimate of drug-likeness (QED) is 0.848. The number of thiophene rings is 1. The molecule has 2 fully saturated rings. The molecule has 1 aromatic heterocycles. The maximum absolute atomic E-state index is 12.3. The summed E-state index contributed by atoms with van der Waals surface area (Å²) in [5, 5.41) is 4.86. The smallest absolute Gasteiger partial charge is 0.263 e. The summed E-state index contributed by atoms with van der Waals surface area (Å²) < 4.78 is 5.80. The third-order valence-electron chi connectivity index (χ3n) is 4.29. The first-order valence-electron chi connectivity index (χ1n) is 6.87. The minimum absolute atomic E-state index is 0.00254. The molecular weight excluding hydrogens is 276 g/mol. The lowest BCUT2D eigenvalue weighted by atomic mass is 9.83. The third kappa shape index (κ3) is 2.33. The normalized spacial score (nSPS) is 25.6. The van der Waals surface area contributed by atoms with Gasteiger partial charge < -0.3 is 15.0 Å². The van der Waals surface area contributed by atoms with Crippen LogP contribution in [0.3, 0.4) is 0 Å². The molecule has 0 saturated carbocycles. The fourth-order valence-electron chi connectivity index (χ4n) is 2.97. The summed E-state index contributed by atoms with van der Waals surface area (Å²) in [6, 6.07) is 3.76. The fourth-order valence-corrected chi connectivity index (χ4v) is 3.66. The Morgan fingerprint density at radius 2 is 2.25 bits per heavy atom. The molecule has 0 aliphatic carbocycles. The van der Waals surface area contributed by atoms with Crippen LogP contribution in [0.4, 0.5) is 0 Å². The van der Waals surface area contributed by atoms with Crippen LogP contribution >= 0.6 is 11.3 Å². The van der Waals surface area contributed by atoms with Crippen molar-refractivity contribution >= 4 is 23.2 Å². The topological polar surface area (TPSA) is 58.6 Å². The molecule has 5 nitrogen and oxygen atoms in total. The molecule has 3 rings (SSSR count). The van der Waals surface area contributed by atoms with Crippen molar-refractivity contribution in [3.8, 4) is 0 Å². The van der Waals surface area contributed by atoms with Gasteiger partial charge in [-0.15, -0.1) is 11.3 Å². The van der Waals surface area contributed by atoms with Crippen molar-refractivity contribution in [1.82, 2.24) is 10.2 Å². The van der Waals surface area contributed by atoms with Crippen molar-refractivity contribution < 1.29 is 14.3 Å². The van der Waals surface area contributed by atoms with Gasteiger partial charge >= 0.3 is 0 Å². The van der Waals surface area contributed by atoms with Crippen LogP contribution in [0.25, 0.3) is 0 Å². The highest BCUT2D eigenvalue weighted by molar-refractivity contribution is 7.12. The highest BCUT2D eigenvalue weighted by Crippen LogP contribution is 2.32. The predicted molar refractivity (Wildman–Crippen MR) is 75.7 cm³/mol. The van der Waals surface area contributed by atoms with Gasteiger partial charge in [-0.2, -0.15) is 0 Å². The van der Waals surface area contributed by atoms with Crippen LogP contribution < -0.4 is 5.32 Å². The Hall–Kier alpha value is -1.40. The van der Waals surface area contributed by atoms with Crippen molar-refractivity contribution in [2.24, 2.45) is 0 Å². The van der Waals surface area contributed by atoms with Gasteiger partial charge in [-0.1, -0.05) is 6.07 Å². The second-order valence-electron chi connectivity index (χ2n) is 5.41. The van der Waals surface area contributed by atoms with E-state index in [0.717, 1.165) is 17.7 Å². The number of likely N-dealkylation sites (tertiary alicyclic amines) is 1. The van der Waals surface area contributed by atoms with E-state index >= 15 is 0 Å². The third-order valence-corrected chi connectivity index (χ3v) is 5.14.